The Morgan fingerprint density at radius 2 is 2.13 bits per heavy atom. The Bertz CT molecular complexity index is 416. The standard InChI is InChI=1S/C11H9ClN2O/c12-9-3-4-10(14-6-9)8-15-11-2-1-5-13-7-11/h1-7H,8H2. The maximum absolute atomic E-state index is 5.72. The maximum Gasteiger partial charge on any atom is 0.138 e. The molecule has 0 unspecified atom stereocenters. The van der Waals surface area contributed by atoms with Gasteiger partial charge in [-0.2, -0.15) is 0 Å². The van der Waals surface area contributed by atoms with Crippen LogP contribution in [0.1, 0.15) is 5.69 Å². The molecule has 0 bridgehead atoms. The second kappa shape index (κ2) is 4.75. The van der Waals surface area contributed by atoms with Crippen LogP contribution in [0.5, 0.6) is 5.75 Å². The molecule has 2 heterocycles. The minimum atomic E-state index is 0.420. The Morgan fingerprint density at radius 1 is 1.20 bits per heavy atom. The summed E-state index contributed by atoms with van der Waals surface area (Å²) >= 11 is 5.72. The zero-order chi connectivity index (χ0) is 10.5. The van der Waals surface area contributed by atoms with Crippen LogP contribution in [-0.4, -0.2) is 9.97 Å². The van der Waals surface area contributed by atoms with Gasteiger partial charge in [0.15, 0.2) is 0 Å². The minimum absolute atomic E-state index is 0.420. The number of ether oxygens (including phenoxy) is 1. The molecule has 0 fully saturated rings. The van der Waals surface area contributed by atoms with E-state index in [0.717, 1.165) is 11.4 Å². The van der Waals surface area contributed by atoms with E-state index in [4.69, 9.17) is 16.3 Å². The first kappa shape index (κ1) is 9.93. The molecule has 0 amide bonds. The van der Waals surface area contributed by atoms with Gasteiger partial charge in [-0.1, -0.05) is 11.6 Å². The molecule has 15 heavy (non-hydrogen) atoms. The molecular formula is C11H9ClN2O. The van der Waals surface area contributed by atoms with Crippen molar-refractivity contribution in [2.75, 3.05) is 0 Å². The molecule has 0 N–H and O–H groups in total. The topological polar surface area (TPSA) is 35.0 Å². The van der Waals surface area contributed by atoms with E-state index in [2.05, 4.69) is 9.97 Å². The van der Waals surface area contributed by atoms with Gasteiger partial charge >= 0.3 is 0 Å². The van der Waals surface area contributed by atoms with E-state index in [1.54, 1.807) is 24.7 Å². The molecule has 0 radical (unpaired) electrons. The minimum Gasteiger partial charge on any atom is -0.486 e. The first-order chi connectivity index (χ1) is 7.34. The van der Waals surface area contributed by atoms with Crippen LogP contribution in [-0.2, 0) is 6.61 Å². The summed E-state index contributed by atoms with van der Waals surface area (Å²) in [4.78, 5) is 8.06. The van der Waals surface area contributed by atoms with Crippen molar-refractivity contribution in [2.24, 2.45) is 0 Å². The summed E-state index contributed by atoms with van der Waals surface area (Å²) in [5, 5.41) is 0.625. The highest BCUT2D eigenvalue weighted by Gasteiger charge is 1.96. The number of aromatic nitrogens is 2. The molecule has 0 saturated carbocycles. The second-order valence-electron chi connectivity index (χ2n) is 2.95. The van der Waals surface area contributed by atoms with Crippen molar-refractivity contribution in [2.45, 2.75) is 6.61 Å². The lowest BCUT2D eigenvalue weighted by Crippen LogP contribution is -1.97. The Morgan fingerprint density at radius 3 is 2.80 bits per heavy atom. The van der Waals surface area contributed by atoms with E-state index >= 15 is 0 Å². The molecule has 0 saturated heterocycles. The molecule has 0 aromatic carbocycles. The van der Waals surface area contributed by atoms with E-state index in [9.17, 15) is 0 Å². The van der Waals surface area contributed by atoms with Gasteiger partial charge in [0.25, 0.3) is 0 Å². The summed E-state index contributed by atoms with van der Waals surface area (Å²) in [6, 6.07) is 7.29. The first-order valence-electron chi connectivity index (χ1n) is 4.48. The zero-order valence-corrected chi connectivity index (χ0v) is 8.69. The lowest BCUT2D eigenvalue weighted by molar-refractivity contribution is 0.300. The van der Waals surface area contributed by atoms with Gasteiger partial charge in [-0.3, -0.25) is 9.97 Å². The van der Waals surface area contributed by atoms with Crippen LogP contribution in [0.4, 0.5) is 0 Å². The SMILES string of the molecule is Clc1ccc(COc2cccnc2)nc1. The van der Waals surface area contributed by atoms with Crippen LogP contribution in [0.2, 0.25) is 5.02 Å². The highest BCUT2D eigenvalue weighted by Crippen LogP contribution is 2.10. The fourth-order valence-electron chi connectivity index (χ4n) is 1.08. The summed E-state index contributed by atoms with van der Waals surface area (Å²) < 4.78 is 5.46. The van der Waals surface area contributed by atoms with Crippen LogP contribution in [0, 0.1) is 0 Å². The van der Waals surface area contributed by atoms with E-state index in [1.807, 2.05) is 18.2 Å². The van der Waals surface area contributed by atoms with Crippen LogP contribution >= 0.6 is 11.6 Å². The quantitative estimate of drug-likeness (QED) is 0.798. The normalized spacial score (nSPS) is 9.93. The molecule has 2 aromatic rings. The van der Waals surface area contributed by atoms with E-state index in [-0.39, 0.29) is 0 Å². The Kier molecular flexibility index (Phi) is 3.15. The fourth-order valence-corrected chi connectivity index (χ4v) is 1.19. The average molecular weight is 221 g/mol. The molecular weight excluding hydrogens is 212 g/mol. The molecule has 0 aliphatic rings. The monoisotopic (exact) mass is 220 g/mol. The highest BCUT2D eigenvalue weighted by molar-refractivity contribution is 6.30. The van der Waals surface area contributed by atoms with Crippen molar-refractivity contribution in [3.05, 3.63) is 53.6 Å². The number of hydrogen-bond donors (Lipinski definition) is 0. The van der Waals surface area contributed by atoms with Crippen LogP contribution in [0.25, 0.3) is 0 Å². The number of hydrogen-bond acceptors (Lipinski definition) is 3. The number of halogens is 1. The molecule has 3 nitrogen and oxygen atoms in total. The first-order valence-corrected chi connectivity index (χ1v) is 4.85. The van der Waals surface area contributed by atoms with Crippen molar-refractivity contribution < 1.29 is 4.74 Å². The predicted octanol–water partition coefficient (Wildman–Crippen LogP) is 2.71. The van der Waals surface area contributed by atoms with Crippen molar-refractivity contribution in [3.8, 4) is 5.75 Å². The van der Waals surface area contributed by atoms with Gasteiger partial charge < -0.3 is 4.74 Å². The third-order valence-electron chi connectivity index (χ3n) is 1.81. The summed E-state index contributed by atoms with van der Waals surface area (Å²) in [6.07, 6.45) is 4.97. The molecule has 0 aliphatic carbocycles. The van der Waals surface area contributed by atoms with Gasteiger partial charge in [-0.25, -0.2) is 0 Å². The van der Waals surface area contributed by atoms with Crippen molar-refractivity contribution in [1.29, 1.82) is 0 Å². The number of nitrogens with zero attached hydrogens (tertiary/aromatic N) is 2. The third kappa shape index (κ3) is 2.92. The van der Waals surface area contributed by atoms with Gasteiger partial charge in [0.2, 0.25) is 0 Å². The van der Waals surface area contributed by atoms with Crippen molar-refractivity contribution >= 4 is 11.6 Å². The molecule has 2 rings (SSSR count). The van der Waals surface area contributed by atoms with Gasteiger partial charge in [0, 0.05) is 12.4 Å². The third-order valence-corrected chi connectivity index (χ3v) is 2.03. The highest BCUT2D eigenvalue weighted by atomic mass is 35.5. The molecule has 2 aromatic heterocycles. The second-order valence-corrected chi connectivity index (χ2v) is 3.38. The molecule has 76 valence electrons. The largest absolute Gasteiger partial charge is 0.486 e. The van der Waals surface area contributed by atoms with Crippen LogP contribution < -0.4 is 4.74 Å². The Hall–Kier alpha value is -1.61. The summed E-state index contributed by atoms with van der Waals surface area (Å²) in [6.45, 7) is 0.420. The van der Waals surface area contributed by atoms with Gasteiger partial charge in [0.1, 0.15) is 12.4 Å². The fraction of sp³-hybridized carbons (Fsp3) is 0.0909. The van der Waals surface area contributed by atoms with Gasteiger partial charge in [0.05, 0.1) is 16.9 Å². The molecule has 4 heteroatoms. The zero-order valence-electron chi connectivity index (χ0n) is 7.93. The predicted molar refractivity (Wildman–Crippen MR) is 57.8 cm³/mol. The average Bonchev–Trinajstić information content (AvgIpc) is 2.30. The summed E-state index contributed by atoms with van der Waals surface area (Å²) in [5.74, 6) is 0.731. The maximum atomic E-state index is 5.72. The number of rotatable bonds is 3. The Labute approximate surface area is 92.7 Å². The van der Waals surface area contributed by atoms with Crippen molar-refractivity contribution in [3.63, 3.8) is 0 Å². The molecule has 0 aliphatic heterocycles. The van der Waals surface area contributed by atoms with Crippen LogP contribution in [0.15, 0.2) is 42.9 Å². The van der Waals surface area contributed by atoms with E-state index in [0.29, 0.717) is 11.6 Å². The molecule has 0 spiro atoms. The summed E-state index contributed by atoms with van der Waals surface area (Å²) in [7, 11) is 0. The van der Waals surface area contributed by atoms with Crippen molar-refractivity contribution in [1.82, 2.24) is 9.97 Å². The lowest BCUT2D eigenvalue weighted by atomic mass is 10.4. The van der Waals surface area contributed by atoms with Gasteiger partial charge in [-0.05, 0) is 24.3 Å². The van der Waals surface area contributed by atoms with E-state index < -0.39 is 0 Å². The van der Waals surface area contributed by atoms with Gasteiger partial charge in [-0.15, -0.1) is 0 Å². The lowest BCUT2D eigenvalue weighted by Gasteiger charge is -2.04. The smallest absolute Gasteiger partial charge is 0.138 e. The van der Waals surface area contributed by atoms with Crippen LogP contribution in [0.3, 0.4) is 0 Å². The number of pyridine rings is 2. The molecule has 0 atom stereocenters. The summed E-state index contributed by atoms with van der Waals surface area (Å²) in [5.41, 5.74) is 0.836. The Balaban J connectivity index is 1.96. The van der Waals surface area contributed by atoms with E-state index in [1.165, 1.54) is 0 Å².